The topological polar surface area (TPSA) is 55.8 Å². The van der Waals surface area contributed by atoms with Gasteiger partial charge in [-0.3, -0.25) is 14.5 Å². The van der Waals surface area contributed by atoms with E-state index in [1.165, 1.54) is 6.07 Å². The van der Waals surface area contributed by atoms with Gasteiger partial charge in [0.05, 0.1) is 18.4 Å². The molecular formula is C17H10F5NO4. The highest BCUT2D eigenvalue weighted by molar-refractivity contribution is 6.02. The van der Waals surface area contributed by atoms with Crippen LogP contribution in [0.2, 0.25) is 0 Å². The summed E-state index contributed by atoms with van der Waals surface area (Å²) in [6, 6.07) is 3.26. The molecule has 0 fully saturated rings. The van der Waals surface area contributed by atoms with Crippen LogP contribution in [-0.4, -0.2) is 32.1 Å². The Bertz CT molecular complexity index is 934. The molecule has 1 aliphatic heterocycles. The van der Waals surface area contributed by atoms with Crippen LogP contribution >= 0.6 is 0 Å². The zero-order valence-corrected chi connectivity index (χ0v) is 13.6. The highest BCUT2D eigenvalue weighted by atomic mass is 19.2. The average molecular weight is 387 g/mol. The molecule has 2 aromatic rings. The van der Waals surface area contributed by atoms with E-state index >= 15 is 0 Å². The highest BCUT2D eigenvalue weighted by Crippen LogP contribution is 2.38. The summed E-state index contributed by atoms with van der Waals surface area (Å²) in [5, 5.41) is 0. The molecule has 1 aliphatic rings. The van der Waals surface area contributed by atoms with Crippen molar-refractivity contribution in [2.75, 3.05) is 25.2 Å². The second-order valence-corrected chi connectivity index (χ2v) is 5.47. The standard InChI is InChI=1S/C17H10F5NO4/c1-26-11(25)5-23-8-4-7(2-3-9(8)27-6-10(23)24)12-13(18)15(20)17(22)16(21)14(12)19/h2-4H,5-6H2,1H3. The molecule has 0 N–H and O–H groups in total. The first kappa shape index (κ1) is 18.6. The lowest BCUT2D eigenvalue weighted by Gasteiger charge is -2.29. The molecule has 0 aliphatic carbocycles. The predicted molar refractivity (Wildman–Crippen MR) is 81.5 cm³/mol. The fourth-order valence-electron chi connectivity index (χ4n) is 2.58. The smallest absolute Gasteiger partial charge is 0.325 e. The quantitative estimate of drug-likeness (QED) is 0.352. The number of benzene rings is 2. The molecule has 0 bridgehead atoms. The zero-order chi connectivity index (χ0) is 19.9. The summed E-state index contributed by atoms with van der Waals surface area (Å²) in [7, 11) is 1.10. The SMILES string of the molecule is COC(=O)CN1C(=O)COc2ccc(-c3c(F)c(F)c(F)c(F)c3F)cc21. The molecule has 27 heavy (non-hydrogen) atoms. The van der Waals surface area contributed by atoms with Crippen molar-refractivity contribution in [1.82, 2.24) is 0 Å². The number of fused-ring (bicyclic) bond motifs is 1. The van der Waals surface area contributed by atoms with Gasteiger partial charge in [-0.1, -0.05) is 6.07 Å². The first-order valence-corrected chi connectivity index (χ1v) is 7.42. The van der Waals surface area contributed by atoms with E-state index in [9.17, 15) is 31.5 Å². The Balaban J connectivity index is 2.17. The fraction of sp³-hybridized carbons (Fsp3) is 0.176. The monoisotopic (exact) mass is 387 g/mol. The first-order valence-electron chi connectivity index (χ1n) is 7.42. The lowest BCUT2D eigenvalue weighted by Crippen LogP contribution is -2.42. The van der Waals surface area contributed by atoms with Crippen molar-refractivity contribution in [3.05, 3.63) is 47.3 Å². The number of ether oxygens (including phenoxy) is 2. The molecule has 1 amide bonds. The number of rotatable bonds is 3. The number of hydrogen-bond acceptors (Lipinski definition) is 4. The van der Waals surface area contributed by atoms with Crippen LogP contribution < -0.4 is 9.64 Å². The van der Waals surface area contributed by atoms with Crippen molar-refractivity contribution in [2.24, 2.45) is 0 Å². The molecule has 0 saturated carbocycles. The molecule has 10 heteroatoms. The van der Waals surface area contributed by atoms with Crippen molar-refractivity contribution in [2.45, 2.75) is 0 Å². The molecule has 0 spiro atoms. The van der Waals surface area contributed by atoms with Gasteiger partial charge in [0.15, 0.2) is 29.9 Å². The minimum absolute atomic E-state index is 0.0712. The van der Waals surface area contributed by atoms with Crippen LogP contribution in [0.25, 0.3) is 11.1 Å². The number of esters is 1. The Morgan fingerprint density at radius 1 is 1.07 bits per heavy atom. The van der Waals surface area contributed by atoms with Crippen LogP contribution in [0.5, 0.6) is 5.75 Å². The van der Waals surface area contributed by atoms with Gasteiger partial charge in [-0.2, -0.15) is 0 Å². The second kappa shape index (κ2) is 6.86. The molecule has 3 rings (SSSR count). The minimum atomic E-state index is -2.28. The summed E-state index contributed by atoms with van der Waals surface area (Å²) >= 11 is 0. The van der Waals surface area contributed by atoms with Gasteiger partial charge < -0.3 is 9.47 Å². The number of halogens is 5. The summed E-state index contributed by atoms with van der Waals surface area (Å²) < 4.78 is 77.9. The van der Waals surface area contributed by atoms with E-state index in [2.05, 4.69) is 4.74 Å². The summed E-state index contributed by atoms with van der Waals surface area (Å²) in [5.74, 6) is -11.9. The lowest BCUT2D eigenvalue weighted by molar-refractivity contribution is -0.140. The summed E-state index contributed by atoms with van der Waals surface area (Å²) in [5.41, 5.74) is -1.63. The molecule has 0 radical (unpaired) electrons. The number of methoxy groups -OCH3 is 1. The van der Waals surface area contributed by atoms with E-state index in [1.54, 1.807) is 0 Å². The number of anilines is 1. The van der Waals surface area contributed by atoms with Gasteiger partial charge in [-0.15, -0.1) is 0 Å². The Morgan fingerprint density at radius 2 is 1.67 bits per heavy atom. The van der Waals surface area contributed by atoms with Gasteiger partial charge in [0.2, 0.25) is 5.82 Å². The minimum Gasteiger partial charge on any atom is -0.482 e. The van der Waals surface area contributed by atoms with Gasteiger partial charge in [0.1, 0.15) is 12.3 Å². The Morgan fingerprint density at radius 3 is 2.26 bits per heavy atom. The van der Waals surface area contributed by atoms with E-state index < -0.39 is 65.2 Å². The number of amides is 1. The van der Waals surface area contributed by atoms with Crippen LogP contribution in [0.15, 0.2) is 18.2 Å². The Kier molecular flexibility index (Phi) is 4.73. The van der Waals surface area contributed by atoms with Crippen LogP contribution in [0.1, 0.15) is 0 Å². The number of carbonyl (C=O) groups is 2. The molecule has 1 heterocycles. The first-order chi connectivity index (χ1) is 12.8. The van der Waals surface area contributed by atoms with Crippen molar-refractivity contribution in [3.8, 4) is 16.9 Å². The van der Waals surface area contributed by atoms with E-state index in [4.69, 9.17) is 4.74 Å². The van der Waals surface area contributed by atoms with E-state index in [1.807, 2.05) is 0 Å². The van der Waals surface area contributed by atoms with Gasteiger partial charge in [-0.05, 0) is 17.7 Å². The second-order valence-electron chi connectivity index (χ2n) is 5.47. The predicted octanol–water partition coefficient (Wildman–Crippen LogP) is 2.95. The Hall–Kier alpha value is -3.17. The third-order valence-corrected chi connectivity index (χ3v) is 3.92. The highest BCUT2D eigenvalue weighted by Gasteiger charge is 2.31. The number of nitrogens with zero attached hydrogens (tertiary/aromatic N) is 1. The van der Waals surface area contributed by atoms with E-state index in [-0.39, 0.29) is 11.4 Å². The third kappa shape index (κ3) is 3.07. The number of carbonyl (C=O) groups excluding carboxylic acids is 2. The Labute approximate surface area is 148 Å². The molecule has 5 nitrogen and oxygen atoms in total. The lowest BCUT2D eigenvalue weighted by atomic mass is 10.0. The molecule has 2 aromatic carbocycles. The fourth-order valence-corrected chi connectivity index (χ4v) is 2.58. The van der Waals surface area contributed by atoms with Crippen LogP contribution in [0.4, 0.5) is 27.6 Å². The molecule has 0 aromatic heterocycles. The maximum atomic E-state index is 14.1. The third-order valence-electron chi connectivity index (χ3n) is 3.92. The van der Waals surface area contributed by atoms with Crippen LogP contribution in [-0.2, 0) is 14.3 Å². The van der Waals surface area contributed by atoms with Crippen molar-refractivity contribution in [1.29, 1.82) is 0 Å². The van der Waals surface area contributed by atoms with Gasteiger partial charge in [0, 0.05) is 0 Å². The molecular weight excluding hydrogens is 377 g/mol. The maximum Gasteiger partial charge on any atom is 0.325 e. The molecule has 142 valence electrons. The summed E-state index contributed by atoms with van der Waals surface area (Å²) in [6.45, 7) is -0.919. The largest absolute Gasteiger partial charge is 0.482 e. The van der Waals surface area contributed by atoms with Crippen LogP contribution in [0, 0.1) is 29.1 Å². The summed E-state index contributed by atoms with van der Waals surface area (Å²) in [6.07, 6.45) is 0. The zero-order valence-electron chi connectivity index (χ0n) is 13.6. The summed E-state index contributed by atoms with van der Waals surface area (Å²) in [4.78, 5) is 24.5. The number of hydrogen-bond donors (Lipinski definition) is 0. The van der Waals surface area contributed by atoms with E-state index in [0.717, 1.165) is 24.1 Å². The molecule has 0 unspecified atom stereocenters. The average Bonchev–Trinajstić information content (AvgIpc) is 2.67. The van der Waals surface area contributed by atoms with Crippen LogP contribution in [0.3, 0.4) is 0 Å². The van der Waals surface area contributed by atoms with Crippen molar-refractivity contribution >= 4 is 17.6 Å². The molecule has 0 saturated heterocycles. The maximum absolute atomic E-state index is 14.1. The van der Waals surface area contributed by atoms with Crippen molar-refractivity contribution in [3.63, 3.8) is 0 Å². The van der Waals surface area contributed by atoms with E-state index in [0.29, 0.717) is 0 Å². The normalized spacial score (nSPS) is 13.3. The van der Waals surface area contributed by atoms with Gasteiger partial charge in [-0.25, -0.2) is 22.0 Å². The van der Waals surface area contributed by atoms with Crippen molar-refractivity contribution < 1.29 is 41.0 Å². The molecule has 0 atom stereocenters. The van der Waals surface area contributed by atoms with Gasteiger partial charge >= 0.3 is 5.97 Å². The van der Waals surface area contributed by atoms with Gasteiger partial charge in [0.25, 0.3) is 5.91 Å².